The van der Waals surface area contributed by atoms with Gasteiger partial charge in [0.05, 0.1) is 23.4 Å². The largest absolute Gasteiger partial charge is 0.486 e. The van der Waals surface area contributed by atoms with Crippen LogP contribution in [0.25, 0.3) is 0 Å². The van der Waals surface area contributed by atoms with Gasteiger partial charge in [0.2, 0.25) is 5.91 Å². The summed E-state index contributed by atoms with van der Waals surface area (Å²) >= 11 is 7.24. The van der Waals surface area contributed by atoms with E-state index in [9.17, 15) is 9.59 Å². The third-order valence-corrected chi connectivity index (χ3v) is 5.62. The summed E-state index contributed by atoms with van der Waals surface area (Å²) in [5.41, 5.74) is 1.74. The summed E-state index contributed by atoms with van der Waals surface area (Å²) in [7, 11) is 3.08. The Hall–Kier alpha value is -3.04. The van der Waals surface area contributed by atoms with Crippen molar-refractivity contribution in [1.82, 2.24) is 14.8 Å². The number of esters is 1. The van der Waals surface area contributed by atoms with E-state index in [0.29, 0.717) is 16.7 Å². The molecule has 0 radical (unpaired) electrons. The molecule has 1 heterocycles. The molecule has 0 atom stereocenters. The summed E-state index contributed by atoms with van der Waals surface area (Å²) in [4.78, 5) is 24.1. The highest BCUT2D eigenvalue weighted by molar-refractivity contribution is 7.99. The van der Waals surface area contributed by atoms with E-state index in [0.717, 1.165) is 11.3 Å². The van der Waals surface area contributed by atoms with Crippen LogP contribution < -0.4 is 10.1 Å². The molecule has 31 heavy (non-hydrogen) atoms. The fourth-order valence-electron chi connectivity index (χ4n) is 2.65. The molecule has 0 spiro atoms. The number of rotatable bonds is 8. The monoisotopic (exact) mass is 460 g/mol. The number of amides is 1. The van der Waals surface area contributed by atoms with E-state index in [4.69, 9.17) is 16.3 Å². The number of thioether (sulfide) groups is 1. The molecule has 0 aliphatic heterocycles. The molecule has 10 heteroatoms. The van der Waals surface area contributed by atoms with Crippen LogP contribution >= 0.6 is 23.4 Å². The number of nitrogens with one attached hydrogen (secondary N) is 1. The molecule has 1 amide bonds. The van der Waals surface area contributed by atoms with Gasteiger partial charge in [-0.1, -0.05) is 35.5 Å². The highest BCUT2D eigenvalue weighted by Crippen LogP contribution is 2.22. The Morgan fingerprint density at radius 1 is 1.19 bits per heavy atom. The van der Waals surface area contributed by atoms with Gasteiger partial charge in [0.15, 0.2) is 11.0 Å². The molecule has 0 aliphatic rings. The average Bonchev–Trinajstić information content (AvgIpc) is 3.11. The maximum Gasteiger partial charge on any atom is 0.339 e. The van der Waals surface area contributed by atoms with Gasteiger partial charge in [0.25, 0.3) is 0 Å². The van der Waals surface area contributed by atoms with Crippen molar-refractivity contribution in [3.63, 3.8) is 0 Å². The number of methoxy groups -OCH3 is 1. The van der Waals surface area contributed by atoms with Crippen LogP contribution in [0, 0.1) is 6.92 Å². The quantitative estimate of drug-likeness (QED) is 0.402. The maximum absolute atomic E-state index is 12.3. The molecule has 0 fully saturated rings. The van der Waals surface area contributed by atoms with E-state index in [2.05, 4.69) is 20.3 Å². The molecule has 3 aromatic rings. The smallest absolute Gasteiger partial charge is 0.339 e. The second kappa shape index (κ2) is 10.3. The number of benzene rings is 2. The van der Waals surface area contributed by atoms with Gasteiger partial charge < -0.3 is 19.4 Å². The molecular weight excluding hydrogens is 440 g/mol. The van der Waals surface area contributed by atoms with Gasteiger partial charge in [-0.05, 0) is 42.8 Å². The number of carbonyl (C=O) groups excluding carboxylic acids is 2. The fraction of sp³-hybridized carbons (Fsp3) is 0.238. The Kier molecular flexibility index (Phi) is 7.54. The Morgan fingerprint density at radius 2 is 2.00 bits per heavy atom. The highest BCUT2D eigenvalue weighted by Gasteiger charge is 2.15. The minimum absolute atomic E-state index is 0.112. The SMILES string of the molecule is COC(=O)c1cc(NC(=O)CSc2nnc(COc3cccc(C)c3)n2C)ccc1Cl. The minimum atomic E-state index is -0.574. The van der Waals surface area contributed by atoms with Crippen LogP contribution in [-0.2, 0) is 23.2 Å². The third kappa shape index (κ3) is 5.99. The zero-order chi connectivity index (χ0) is 22.4. The molecule has 0 bridgehead atoms. The van der Waals surface area contributed by atoms with Crippen LogP contribution in [0.4, 0.5) is 5.69 Å². The normalized spacial score (nSPS) is 10.6. The number of aromatic nitrogens is 3. The number of hydrogen-bond donors (Lipinski definition) is 1. The predicted molar refractivity (Wildman–Crippen MR) is 119 cm³/mol. The number of ether oxygens (including phenoxy) is 2. The number of carbonyl (C=O) groups is 2. The van der Waals surface area contributed by atoms with Gasteiger partial charge in [0, 0.05) is 12.7 Å². The number of nitrogens with zero attached hydrogens (tertiary/aromatic N) is 3. The standard InChI is InChI=1S/C21H21ClN4O4S/c1-13-5-4-6-15(9-13)30-11-18-24-25-21(26(18)2)31-12-19(27)23-14-7-8-17(22)16(10-14)20(28)29-3/h4-10H,11-12H2,1-3H3,(H,23,27). The van der Waals surface area contributed by atoms with Gasteiger partial charge in [-0.15, -0.1) is 10.2 Å². The van der Waals surface area contributed by atoms with E-state index in [1.54, 1.807) is 10.6 Å². The van der Waals surface area contributed by atoms with E-state index < -0.39 is 5.97 Å². The summed E-state index contributed by atoms with van der Waals surface area (Å²) in [6.45, 7) is 2.26. The van der Waals surface area contributed by atoms with Crippen molar-refractivity contribution in [2.75, 3.05) is 18.2 Å². The van der Waals surface area contributed by atoms with Crippen molar-refractivity contribution in [3.05, 3.63) is 64.4 Å². The number of anilines is 1. The van der Waals surface area contributed by atoms with E-state index >= 15 is 0 Å². The van der Waals surface area contributed by atoms with Crippen LogP contribution in [0.1, 0.15) is 21.7 Å². The number of halogens is 1. The Morgan fingerprint density at radius 3 is 2.74 bits per heavy atom. The average molecular weight is 461 g/mol. The van der Waals surface area contributed by atoms with E-state index in [-0.39, 0.29) is 28.9 Å². The molecule has 1 N–H and O–H groups in total. The predicted octanol–water partition coefficient (Wildman–Crippen LogP) is 3.87. The Labute approximate surface area is 188 Å². The van der Waals surface area contributed by atoms with Gasteiger partial charge >= 0.3 is 5.97 Å². The summed E-state index contributed by atoms with van der Waals surface area (Å²) in [6.07, 6.45) is 0. The lowest BCUT2D eigenvalue weighted by atomic mass is 10.2. The van der Waals surface area contributed by atoms with Gasteiger partial charge in [0.1, 0.15) is 12.4 Å². The van der Waals surface area contributed by atoms with E-state index in [1.807, 2.05) is 38.2 Å². The van der Waals surface area contributed by atoms with Gasteiger partial charge in [-0.2, -0.15) is 0 Å². The van der Waals surface area contributed by atoms with Crippen LogP contribution in [0.5, 0.6) is 5.75 Å². The second-order valence-electron chi connectivity index (χ2n) is 6.59. The molecule has 0 saturated heterocycles. The molecule has 0 saturated carbocycles. The lowest BCUT2D eigenvalue weighted by Gasteiger charge is -2.09. The van der Waals surface area contributed by atoms with Crippen molar-refractivity contribution >= 4 is 40.9 Å². The molecule has 0 aliphatic carbocycles. The summed E-state index contributed by atoms with van der Waals surface area (Å²) in [6, 6.07) is 12.4. The van der Waals surface area contributed by atoms with Gasteiger partial charge in [-0.25, -0.2) is 4.79 Å². The molecule has 2 aromatic carbocycles. The summed E-state index contributed by atoms with van der Waals surface area (Å²) < 4.78 is 12.2. The maximum atomic E-state index is 12.3. The minimum Gasteiger partial charge on any atom is -0.486 e. The van der Waals surface area contributed by atoms with Crippen LogP contribution in [-0.4, -0.2) is 39.5 Å². The van der Waals surface area contributed by atoms with Crippen LogP contribution in [0.2, 0.25) is 5.02 Å². The first-order valence-corrected chi connectivity index (χ1v) is 10.6. The van der Waals surface area contributed by atoms with Crippen molar-refractivity contribution in [1.29, 1.82) is 0 Å². The molecule has 162 valence electrons. The first-order chi connectivity index (χ1) is 14.9. The van der Waals surface area contributed by atoms with Crippen LogP contribution in [0.15, 0.2) is 47.6 Å². The first kappa shape index (κ1) is 22.6. The van der Waals surface area contributed by atoms with Gasteiger partial charge in [-0.3, -0.25) is 4.79 Å². The Bertz CT molecular complexity index is 1100. The van der Waals surface area contributed by atoms with Crippen LogP contribution in [0.3, 0.4) is 0 Å². The third-order valence-electron chi connectivity index (χ3n) is 4.27. The lowest BCUT2D eigenvalue weighted by Crippen LogP contribution is -2.15. The zero-order valence-electron chi connectivity index (χ0n) is 17.2. The van der Waals surface area contributed by atoms with Crippen molar-refractivity contribution in [2.45, 2.75) is 18.7 Å². The summed E-state index contributed by atoms with van der Waals surface area (Å²) in [5.74, 6) is 0.676. The highest BCUT2D eigenvalue weighted by atomic mass is 35.5. The zero-order valence-corrected chi connectivity index (χ0v) is 18.8. The first-order valence-electron chi connectivity index (χ1n) is 9.25. The van der Waals surface area contributed by atoms with Crippen molar-refractivity contribution in [2.24, 2.45) is 7.05 Å². The van der Waals surface area contributed by atoms with Crippen molar-refractivity contribution < 1.29 is 19.1 Å². The molecule has 1 aromatic heterocycles. The molecule has 0 unspecified atom stereocenters. The summed E-state index contributed by atoms with van der Waals surface area (Å²) in [5, 5.41) is 11.8. The fourth-order valence-corrected chi connectivity index (χ4v) is 3.57. The number of aryl methyl sites for hydroxylation is 1. The molecule has 3 rings (SSSR count). The molecular formula is C21H21ClN4O4S. The molecule has 8 nitrogen and oxygen atoms in total. The Balaban J connectivity index is 1.55. The van der Waals surface area contributed by atoms with E-state index in [1.165, 1.54) is 31.0 Å². The number of hydrogen-bond acceptors (Lipinski definition) is 7. The lowest BCUT2D eigenvalue weighted by molar-refractivity contribution is -0.113. The second-order valence-corrected chi connectivity index (χ2v) is 7.94. The topological polar surface area (TPSA) is 95.3 Å². The van der Waals surface area contributed by atoms with Crippen molar-refractivity contribution in [3.8, 4) is 5.75 Å².